The molecule has 0 bridgehead atoms. The van der Waals surface area contributed by atoms with Gasteiger partial charge in [0.05, 0.1) is 6.61 Å². The van der Waals surface area contributed by atoms with Gasteiger partial charge in [0.25, 0.3) is 0 Å². The van der Waals surface area contributed by atoms with E-state index in [0.717, 1.165) is 25.6 Å². The fourth-order valence-corrected chi connectivity index (χ4v) is 1.77. The second kappa shape index (κ2) is 4.00. The van der Waals surface area contributed by atoms with E-state index < -0.39 is 0 Å². The highest BCUT2D eigenvalue weighted by atomic mass is 16.5. The molecule has 2 rings (SSSR count). The lowest BCUT2D eigenvalue weighted by molar-refractivity contribution is 0.0535. The van der Waals surface area contributed by atoms with E-state index >= 15 is 0 Å². The number of hydrogen-bond donors (Lipinski definition) is 1. The summed E-state index contributed by atoms with van der Waals surface area (Å²) in [6.45, 7) is 3.91. The van der Waals surface area contributed by atoms with Crippen molar-refractivity contribution in [1.82, 2.24) is 9.55 Å². The summed E-state index contributed by atoms with van der Waals surface area (Å²) in [7, 11) is 2.00. The third kappa shape index (κ3) is 1.90. The van der Waals surface area contributed by atoms with E-state index in [0.29, 0.717) is 12.0 Å². The number of ether oxygens (including phenoxy) is 1. The first-order valence-corrected chi connectivity index (χ1v) is 5.09. The molecule has 1 aliphatic rings. The number of nitrogens with one attached hydrogen (secondary N) is 1. The first kappa shape index (κ1) is 9.52. The lowest BCUT2D eigenvalue weighted by Crippen LogP contribution is -2.36. The van der Waals surface area contributed by atoms with Crippen LogP contribution >= 0.6 is 0 Å². The summed E-state index contributed by atoms with van der Waals surface area (Å²) in [5.41, 5.74) is 0. The fourth-order valence-electron chi connectivity index (χ4n) is 1.77. The van der Waals surface area contributed by atoms with E-state index in [1.165, 1.54) is 0 Å². The van der Waals surface area contributed by atoms with Crippen molar-refractivity contribution in [1.29, 1.82) is 0 Å². The van der Waals surface area contributed by atoms with Crippen molar-refractivity contribution in [2.24, 2.45) is 13.0 Å². The van der Waals surface area contributed by atoms with Crippen molar-refractivity contribution >= 4 is 5.95 Å². The van der Waals surface area contributed by atoms with Crippen LogP contribution in [0.5, 0.6) is 0 Å². The van der Waals surface area contributed by atoms with Gasteiger partial charge in [-0.1, -0.05) is 6.92 Å². The van der Waals surface area contributed by atoms with Crippen LogP contribution in [0.25, 0.3) is 0 Å². The van der Waals surface area contributed by atoms with Gasteiger partial charge in [-0.25, -0.2) is 4.98 Å². The van der Waals surface area contributed by atoms with Crippen LogP contribution in [-0.4, -0.2) is 28.8 Å². The molecule has 78 valence electrons. The Bertz CT molecular complexity index is 297. The third-order valence-electron chi connectivity index (χ3n) is 2.78. The summed E-state index contributed by atoms with van der Waals surface area (Å²) in [5.74, 6) is 1.50. The molecule has 14 heavy (non-hydrogen) atoms. The number of nitrogens with zero attached hydrogens (tertiary/aromatic N) is 2. The van der Waals surface area contributed by atoms with Gasteiger partial charge < -0.3 is 14.6 Å². The number of anilines is 1. The average molecular weight is 195 g/mol. The highest BCUT2D eigenvalue weighted by molar-refractivity contribution is 5.27. The van der Waals surface area contributed by atoms with Crippen molar-refractivity contribution in [2.75, 3.05) is 18.5 Å². The maximum atomic E-state index is 5.39. The van der Waals surface area contributed by atoms with Gasteiger partial charge >= 0.3 is 0 Å². The van der Waals surface area contributed by atoms with E-state index in [4.69, 9.17) is 4.74 Å². The zero-order valence-corrected chi connectivity index (χ0v) is 8.73. The molecule has 4 heteroatoms. The predicted octanol–water partition coefficient (Wildman–Crippen LogP) is 1.26. The van der Waals surface area contributed by atoms with E-state index in [1.807, 2.05) is 24.0 Å². The van der Waals surface area contributed by atoms with Crippen LogP contribution in [0.4, 0.5) is 5.95 Å². The molecule has 1 saturated heterocycles. The Morgan fingerprint density at radius 3 is 3.14 bits per heavy atom. The first-order valence-electron chi connectivity index (χ1n) is 5.09. The van der Waals surface area contributed by atoms with Gasteiger partial charge in [-0.05, 0) is 12.3 Å². The van der Waals surface area contributed by atoms with E-state index in [2.05, 4.69) is 17.2 Å². The minimum atomic E-state index is 0.491. The summed E-state index contributed by atoms with van der Waals surface area (Å²) >= 11 is 0. The quantitative estimate of drug-likeness (QED) is 0.772. The lowest BCUT2D eigenvalue weighted by atomic mass is 9.98. The molecule has 2 atom stereocenters. The molecule has 0 aromatic carbocycles. The Hall–Kier alpha value is -1.03. The summed E-state index contributed by atoms with van der Waals surface area (Å²) in [5, 5.41) is 3.45. The van der Waals surface area contributed by atoms with Crippen LogP contribution in [0, 0.1) is 5.92 Å². The molecule has 1 aromatic rings. The summed E-state index contributed by atoms with van der Waals surface area (Å²) in [6, 6.07) is 0.491. The molecule has 1 aromatic heterocycles. The summed E-state index contributed by atoms with van der Waals surface area (Å²) in [4.78, 5) is 4.26. The Balaban J connectivity index is 1.99. The highest BCUT2D eigenvalue weighted by Crippen LogP contribution is 2.17. The van der Waals surface area contributed by atoms with Crippen molar-refractivity contribution in [3.05, 3.63) is 12.4 Å². The molecule has 0 amide bonds. The van der Waals surface area contributed by atoms with Gasteiger partial charge in [0.15, 0.2) is 0 Å². The number of rotatable bonds is 2. The van der Waals surface area contributed by atoms with Gasteiger partial charge in [0, 0.05) is 32.1 Å². The van der Waals surface area contributed by atoms with Crippen LogP contribution in [0.15, 0.2) is 12.4 Å². The number of aromatic nitrogens is 2. The maximum absolute atomic E-state index is 5.39. The first-order chi connectivity index (χ1) is 6.77. The Labute approximate surface area is 84.3 Å². The summed E-state index contributed by atoms with van der Waals surface area (Å²) < 4.78 is 7.40. The molecule has 1 aliphatic heterocycles. The SMILES string of the molecule is CC1COCCC1Nc1nccn1C. The van der Waals surface area contributed by atoms with Crippen LogP contribution in [0.3, 0.4) is 0 Å². The van der Waals surface area contributed by atoms with Crippen molar-refractivity contribution in [3.63, 3.8) is 0 Å². The zero-order valence-electron chi connectivity index (χ0n) is 8.73. The Morgan fingerprint density at radius 2 is 2.50 bits per heavy atom. The van der Waals surface area contributed by atoms with Gasteiger partial charge in [-0.2, -0.15) is 0 Å². The molecule has 4 nitrogen and oxygen atoms in total. The van der Waals surface area contributed by atoms with Crippen LogP contribution in [0.1, 0.15) is 13.3 Å². The molecule has 2 heterocycles. The van der Waals surface area contributed by atoms with Crippen molar-refractivity contribution in [2.45, 2.75) is 19.4 Å². The molecular weight excluding hydrogens is 178 g/mol. The number of aryl methyl sites for hydroxylation is 1. The van der Waals surface area contributed by atoms with Crippen LogP contribution in [-0.2, 0) is 11.8 Å². The van der Waals surface area contributed by atoms with Crippen molar-refractivity contribution < 1.29 is 4.74 Å². The second-order valence-electron chi connectivity index (χ2n) is 3.95. The largest absolute Gasteiger partial charge is 0.381 e. The monoisotopic (exact) mass is 195 g/mol. The third-order valence-corrected chi connectivity index (χ3v) is 2.78. The highest BCUT2D eigenvalue weighted by Gasteiger charge is 2.22. The lowest BCUT2D eigenvalue weighted by Gasteiger charge is -2.29. The summed E-state index contributed by atoms with van der Waals surface area (Å²) in [6.07, 6.45) is 4.83. The molecule has 1 fully saturated rings. The van der Waals surface area contributed by atoms with Gasteiger partial charge in [-0.15, -0.1) is 0 Å². The topological polar surface area (TPSA) is 39.1 Å². The standard InChI is InChI=1S/C10H17N3O/c1-8-7-14-6-3-9(8)12-10-11-4-5-13(10)2/h4-5,8-9H,3,6-7H2,1-2H3,(H,11,12). The van der Waals surface area contributed by atoms with E-state index in [1.54, 1.807) is 0 Å². The smallest absolute Gasteiger partial charge is 0.202 e. The van der Waals surface area contributed by atoms with Gasteiger partial charge in [-0.3, -0.25) is 0 Å². The average Bonchev–Trinajstić information content (AvgIpc) is 2.56. The molecule has 0 radical (unpaired) electrons. The zero-order chi connectivity index (χ0) is 9.97. The Morgan fingerprint density at radius 1 is 1.64 bits per heavy atom. The van der Waals surface area contributed by atoms with Crippen LogP contribution < -0.4 is 5.32 Å². The molecule has 0 saturated carbocycles. The minimum absolute atomic E-state index is 0.491. The van der Waals surface area contributed by atoms with Crippen LogP contribution in [0.2, 0.25) is 0 Å². The maximum Gasteiger partial charge on any atom is 0.202 e. The predicted molar refractivity (Wildman–Crippen MR) is 55.2 cm³/mol. The second-order valence-corrected chi connectivity index (χ2v) is 3.95. The Kier molecular flexibility index (Phi) is 2.72. The normalized spacial score (nSPS) is 27.6. The van der Waals surface area contributed by atoms with Gasteiger partial charge in [0.1, 0.15) is 0 Å². The molecule has 1 N–H and O–H groups in total. The molecule has 0 spiro atoms. The van der Waals surface area contributed by atoms with E-state index in [9.17, 15) is 0 Å². The van der Waals surface area contributed by atoms with Crippen molar-refractivity contribution in [3.8, 4) is 0 Å². The molecular formula is C10H17N3O. The van der Waals surface area contributed by atoms with Gasteiger partial charge in [0.2, 0.25) is 5.95 Å². The minimum Gasteiger partial charge on any atom is -0.381 e. The number of hydrogen-bond acceptors (Lipinski definition) is 3. The molecule has 0 aliphatic carbocycles. The van der Waals surface area contributed by atoms with E-state index in [-0.39, 0.29) is 0 Å². The molecule has 2 unspecified atom stereocenters. The number of imidazole rings is 1. The fraction of sp³-hybridized carbons (Fsp3) is 0.700.